The minimum absolute atomic E-state index is 0.0786. The summed E-state index contributed by atoms with van der Waals surface area (Å²) in [5.41, 5.74) is 0. The molecule has 0 radical (unpaired) electrons. The van der Waals surface area contributed by atoms with Crippen molar-refractivity contribution in [2.45, 2.75) is 36.8 Å². The van der Waals surface area contributed by atoms with E-state index in [1.54, 1.807) is 12.1 Å². The van der Waals surface area contributed by atoms with Gasteiger partial charge >= 0.3 is 0 Å². The summed E-state index contributed by atoms with van der Waals surface area (Å²) in [6.45, 7) is 1.94. The molecule has 1 aromatic rings. The van der Waals surface area contributed by atoms with Gasteiger partial charge in [-0.1, -0.05) is 23.7 Å². The van der Waals surface area contributed by atoms with Gasteiger partial charge in [0.1, 0.15) is 11.0 Å². The monoisotopic (exact) mass is 346 g/mol. The standard InChI is InChI=1S/C14H19ClN2O4S/c1-9(13(18)14(19)16-8-10-6-7-10)17-22(20,21)12-5-3-2-4-11(12)15/h2-5,9-10,13,17-18H,6-8H2,1H3,(H,16,19). The molecule has 22 heavy (non-hydrogen) atoms. The number of halogens is 1. The molecule has 1 aliphatic carbocycles. The summed E-state index contributed by atoms with van der Waals surface area (Å²) < 4.78 is 26.7. The van der Waals surface area contributed by atoms with Crippen LogP contribution < -0.4 is 10.0 Å². The van der Waals surface area contributed by atoms with Crippen LogP contribution in [0.1, 0.15) is 19.8 Å². The van der Waals surface area contributed by atoms with Crippen molar-refractivity contribution in [3.05, 3.63) is 29.3 Å². The zero-order valence-electron chi connectivity index (χ0n) is 12.1. The highest BCUT2D eigenvalue weighted by molar-refractivity contribution is 7.89. The number of benzene rings is 1. The van der Waals surface area contributed by atoms with Gasteiger partial charge in [0.2, 0.25) is 10.0 Å². The zero-order chi connectivity index (χ0) is 16.3. The average Bonchev–Trinajstić information content (AvgIpc) is 3.27. The van der Waals surface area contributed by atoms with Gasteiger partial charge in [0, 0.05) is 6.54 Å². The first-order valence-electron chi connectivity index (χ1n) is 7.04. The minimum atomic E-state index is -3.91. The molecule has 0 saturated heterocycles. The van der Waals surface area contributed by atoms with E-state index in [1.165, 1.54) is 19.1 Å². The number of rotatable bonds is 7. The highest BCUT2D eigenvalue weighted by atomic mass is 35.5. The van der Waals surface area contributed by atoms with E-state index in [0.717, 1.165) is 12.8 Å². The number of hydrogen-bond acceptors (Lipinski definition) is 4. The molecule has 6 nitrogen and oxygen atoms in total. The quantitative estimate of drug-likeness (QED) is 0.683. The molecule has 0 bridgehead atoms. The van der Waals surface area contributed by atoms with Crippen LogP contribution >= 0.6 is 11.6 Å². The topological polar surface area (TPSA) is 95.5 Å². The van der Waals surface area contributed by atoms with Crippen LogP contribution in [0.4, 0.5) is 0 Å². The van der Waals surface area contributed by atoms with E-state index >= 15 is 0 Å². The molecular weight excluding hydrogens is 328 g/mol. The molecule has 0 aliphatic heterocycles. The first kappa shape index (κ1) is 17.2. The van der Waals surface area contributed by atoms with Crippen molar-refractivity contribution in [1.82, 2.24) is 10.0 Å². The Morgan fingerprint density at radius 1 is 1.41 bits per heavy atom. The average molecular weight is 347 g/mol. The third kappa shape index (κ3) is 4.42. The second-order valence-electron chi connectivity index (χ2n) is 5.47. The number of carbonyl (C=O) groups is 1. The summed E-state index contributed by atoms with van der Waals surface area (Å²) in [4.78, 5) is 11.7. The maximum Gasteiger partial charge on any atom is 0.250 e. The molecule has 1 fully saturated rings. The summed E-state index contributed by atoms with van der Waals surface area (Å²) in [6.07, 6.45) is 0.687. The lowest BCUT2D eigenvalue weighted by Gasteiger charge is -2.20. The minimum Gasteiger partial charge on any atom is -0.382 e. The van der Waals surface area contributed by atoms with Gasteiger partial charge in [-0.2, -0.15) is 0 Å². The van der Waals surface area contributed by atoms with Crippen molar-refractivity contribution < 1.29 is 18.3 Å². The predicted molar refractivity (Wildman–Crippen MR) is 83.0 cm³/mol. The molecule has 2 unspecified atom stereocenters. The number of amides is 1. The van der Waals surface area contributed by atoms with Gasteiger partial charge < -0.3 is 10.4 Å². The Morgan fingerprint density at radius 2 is 2.05 bits per heavy atom. The second-order valence-corrected chi connectivity index (χ2v) is 7.56. The van der Waals surface area contributed by atoms with Gasteiger partial charge in [-0.15, -0.1) is 0 Å². The van der Waals surface area contributed by atoms with Gasteiger partial charge in [0.15, 0.2) is 0 Å². The van der Waals surface area contributed by atoms with Gasteiger partial charge in [-0.3, -0.25) is 4.79 Å². The van der Waals surface area contributed by atoms with Crippen LogP contribution in [0.3, 0.4) is 0 Å². The molecule has 1 aliphatic rings. The van der Waals surface area contributed by atoms with Crippen LogP contribution in [0, 0.1) is 5.92 Å². The van der Waals surface area contributed by atoms with E-state index in [-0.39, 0.29) is 9.92 Å². The largest absolute Gasteiger partial charge is 0.382 e. The fourth-order valence-electron chi connectivity index (χ4n) is 1.93. The lowest BCUT2D eigenvalue weighted by atomic mass is 10.2. The van der Waals surface area contributed by atoms with Crippen LogP contribution in [-0.2, 0) is 14.8 Å². The van der Waals surface area contributed by atoms with Gasteiger partial charge in [0.05, 0.1) is 11.1 Å². The lowest BCUT2D eigenvalue weighted by molar-refractivity contribution is -0.130. The number of aliphatic hydroxyl groups excluding tert-OH is 1. The molecular formula is C14H19ClN2O4S. The third-order valence-electron chi connectivity index (χ3n) is 3.47. The van der Waals surface area contributed by atoms with E-state index in [9.17, 15) is 18.3 Å². The van der Waals surface area contributed by atoms with Crippen molar-refractivity contribution in [2.24, 2.45) is 5.92 Å². The Labute approximate surface area is 134 Å². The summed E-state index contributed by atoms with van der Waals surface area (Å²) in [7, 11) is -3.91. The van der Waals surface area contributed by atoms with Crippen LogP contribution in [-0.4, -0.2) is 38.1 Å². The molecule has 0 spiro atoms. The Hall–Kier alpha value is -1.15. The number of nitrogens with one attached hydrogen (secondary N) is 2. The predicted octanol–water partition coefficient (Wildman–Crippen LogP) is 0.894. The zero-order valence-corrected chi connectivity index (χ0v) is 13.7. The van der Waals surface area contributed by atoms with E-state index in [1.807, 2.05) is 0 Å². The highest BCUT2D eigenvalue weighted by Crippen LogP contribution is 2.27. The first-order valence-corrected chi connectivity index (χ1v) is 8.90. The van der Waals surface area contributed by atoms with Gasteiger partial charge in [-0.25, -0.2) is 13.1 Å². The van der Waals surface area contributed by atoms with Crippen molar-refractivity contribution in [1.29, 1.82) is 0 Å². The van der Waals surface area contributed by atoms with E-state index < -0.39 is 28.1 Å². The van der Waals surface area contributed by atoms with Crippen molar-refractivity contribution in [2.75, 3.05) is 6.54 Å². The van der Waals surface area contributed by atoms with Crippen LogP contribution in [0.15, 0.2) is 29.2 Å². The fourth-order valence-corrected chi connectivity index (χ4v) is 3.70. The molecule has 0 heterocycles. The molecule has 1 amide bonds. The van der Waals surface area contributed by atoms with Crippen molar-refractivity contribution in [3.8, 4) is 0 Å². The molecule has 3 N–H and O–H groups in total. The molecule has 2 atom stereocenters. The molecule has 2 rings (SSSR count). The Morgan fingerprint density at radius 3 is 2.64 bits per heavy atom. The van der Waals surface area contributed by atoms with E-state index in [4.69, 9.17) is 11.6 Å². The van der Waals surface area contributed by atoms with E-state index in [0.29, 0.717) is 12.5 Å². The van der Waals surface area contributed by atoms with Crippen molar-refractivity contribution in [3.63, 3.8) is 0 Å². The Kier molecular flexibility index (Phi) is 5.44. The normalized spacial score (nSPS) is 17.8. The van der Waals surface area contributed by atoms with Crippen LogP contribution in [0.25, 0.3) is 0 Å². The fraction of sp³-hybridized carbons (Fsp3) is 0.500. The molecule has 8 heteroatoms. The van der Waals surface area contributed by atoms with Crippen LogP contribution in [0.5, 0.6) is 0 Å². The maximum atomic E-state index is 12.2. The maximum absolute atomic E-state index is 12.2. The lowest BCUT2D eigenvalue weighted by Crippen LogP contribution is -2.49. The summed E-state index contributed by atoms with van der Waals surface area (Å²) in [6, 6.07) is 5.01. The Balaban J connectivity index is 1.98. The summed E-state index contributed by atoms with van der Waals surface area (Å²) in [5, 5.41) is 12.6. The van der Waals surface area contributed by atoms with E-state index in [2.05, 4.69) is 10.0 Å². The molecule has 1 aromatic carbocycles. The number of aliphatic hydroxyl groups is 1. The Bertz CT molecular complexity index is 646. The highest BCUT2D eigenvalue weighted by Gasteiger charge is 2.29. The molecule has 1 saturated carbocycles. The summed E-state index contributed by atoms with van der Waals surface area (Å²) >= 11 is 5.86. The van der Waals surface area contributed by atoms with Crippen molar-refractivity contribution >= 4 is 27.5 Å². The molecule has 122 valence electrons. The smallest absolute Gasteiger partial charge is 0.250 e. The number of carbonyl (C=O) groups excluding carboxylic acids is 1. The number of sulfonamides is 1. The van der Waals surface area contributed by atoms with Gasteiger partial charge in [-0.05, 0) is 37.8 Å². The second kappa shape index (κ2) is 6.95. The first-order chi connectivity index (χ1) is 10.3. The SMILES string of the molecule is CC(NS(=O)(=O)c1ccccc1Cl)C(O)C(=O)NCC1CC1. The van der Waals surface area contributed by atoms with Gasteiger partial charge in [0.25, 0.3) is 5.91 Å². The van der Waals surface area contributed by atoms with Crippen LogP contribution in [0.2, 0.25) is 5.02 Å². The third-order valence-corrected chi connectivity index (χ3v) is 5.53. The summed E-state index contributed by atoms with van der Waals surface area (Å²) in [5.74, 6) is -0.104. The number of hydrogen-bond donors (Lipinski definition) is 3. The molecule has 0 aromatic heterocycles.